The van der Waals surface area contributed by atoms with E-state index in [9.17, 15) is 4.79 Å². The summed E-state index contributed by atoms with van der Waals surface area (Å²) < 4.78 is 0. The van der Waals surface area contributed by atoms with Crippen LogP contribution in [0.4, 0.5) is 17.2 Å². The SMILES string of the molecule is CN1CCN(c2ccc(Nc3nc(C4CCCCC4)cc4cc[nH]c(=O)c34)cc2)CC1. The zero-order valence-corrected chi connectivity index (χ0v) is 18.2. The first-order valence-electron chi connectivity index (χ1n) is 11.5. The lowest BCUT2D eigenvalue weighted by Gasteiger charge is -2.34. The first kappa shape index (κ1) is 20.1. The van der Waals surface area contributed by atoms with Gasteiger partial charge in [0.1, 0.15) is 5.82 Å². The lowest BCUT2D eigenvalue weighted by Crippen LogP contribution is -2.44. The standard InChI is InChI=1S/C25H31N5O/c1-29-13-15-30(16-14-29)21-9-7-20(8-10-21)27-24-23-19(11-12-26-25(23)31)17-22(28-24)18-5-3-2-4-6-18/h7-12,17-18H,2-6,13-16H2,1H3,(H,26,31)(H,27,28). The van der Waals surface area contributed by atoms with Crippen molar-refractivity contribution < 1.29 is 0 Å². The molecule has 1 aromatic carbocycles. The number of pyridine rings is 2. The van der Waals surface area contributed by atoms with Crippen LogP contribution in [-0.2, 0) is 0 Å². The fourth-order valence-electron chi connectivity index (χ4n) is 4.89. The number of fused-ring (bicyclic) bond motifs is 1. The summed E-state index contributed by atoms with van der Waals surface area (Å²) in [6, 6.07) is 12.6. The molecule has 2 aromatic heterocycles. The Balaban J connectivity index is 1.44. The van der Waals surface area contributed by atoms with Crippen LogP contribution in [0.25, 0.3) is 10.8 Å². The molecule has 3 aromatic rings. The minimum absolute atomic E-state index is 0.100. The molecule has 0 amide bonds. The summed E-state index contributed by atoms with van der Waals surface area (Å²) >= 11 is 0. The van der Waals surface area contributed by atoms with Crippen LogP contribution in [0.2, 0.25) is 0 Å². The van der Waals surface area contributed by atoms with E-state index in [4.69, 9.17) is 4.98 Å². The van der Waals surface area contributed by atoms with Gasteiger partial charge in [-0.3, -0.25) is 4.79 Å². The van der Waals surface area contributed by atoms with Gasteiger partial charge in [0.15, 0.2) is 0 Å². The van der Waals surface area contributed by atoms with E-state index in [-0.39, 0.29) is 5.56 Å². The summed E-state index contributed by atoms with van der Waals surface area (Å²) in [7, 11) is 2.17. The topological polar surface area (TPSA) is 64.3 Å². The second kappa shape index (κ2) is 8.71. The van der Waals surface area contributed by atoms with Crippen molar-refractivity contribution in [1.82, 2.24) is 14.9 Å². The predicted molar refractivity (Wildman–Crippen MR) is 128 cm³/mol. The minimum atomic E-state index is -0.100. The molecule has 1 saturated carbocycles. The first-order valence-corrected chi connectivity index (χ1v) is 11.5. The molecule has 5 rings (SSSR count). The molecule has 1 aliphatic carbocycles. The van der Waals surface area contributed by atoms with Crippen LogP contribution in [0.3, 0.4) is 0 Å². The molecule has 2 N–H and O–H groups in total. The van der Waals surface area contributed by atoms with Crippen molar-refractivity contribution >= 4 is 28.0 Å². The number of hydrogen-bond donors (Lipinski definition) is 2. The number of aromatic nitrogens is 2. The second-order valence-electron chi connectivity index (χ2n) is 8.96. The largest absolute Gasteiger partial charge is 0.369 e. The lowest BCUT2D eigenvalue weighted by atomic mass is 9.86. The van der Waals surface area contributed by atoms with Crippen LogP contribution >= 0.6 is 0 Å². The maximum Gasteiger partial charge on any atom is 0.259 e. The Morgan fingerprint density at radius 2 is 1.74 bits per heavy atom. The predicted octanol–water partition coefficient (Wildman–Crippen LogP) is 4.47. The van der Waals surface area contributed by atoms with Crippen LogP contribution < -0.4 is 15.8 Å². The number of anilines is 3. The third-order valence-corrected chi connectivity index (χ3v) is 6.80. The highest BCUT2D eigenvalue weighted by Gasteiger charge is 2.20. The van der Waals surface area contributed by atoms with Crippen molar-refractivity contribution in [2.24, 2.45) is 0 Å². The molecule has 0 spiro atoms. The highest BCUT2D eigenvalue weighted by atomic mass is 16.1. The van der Waals surface area contributed by atoms with E-state index in [0.29, 0.717) is 17.1 Å². The van der Waals surface area contributed by atoms with E-state index in [1.54, 1.807) is 6.20 Å². The van der Waals surface area contributed by atoms with Crippen molar-refractivity contribution in [1.29, 1.82) is 0 Å². The molecule has 162 valence electrons. The average Bonchev–Trinajstić information content (AvgIpc) is 2.81. The molecular formula is C25H31N5O. The summed E-state index contributed by atoms with van der Waals surface area (Å²) in [6.45, 7) is 4.28. The van der Waals surface area contributed by atoms with Gasteiger partial charge in [0.25, 0.3) is 5.56 Å². The number of nitrogens with one attached hydrogen (secondary N) is 2. The minimum Gasteiger partial charge on any atom is -0.369 e. The van der Waals surface area contributed by atoms with Gasteiger partial charge in [-0.1, -0.05) is 19.3 Å². The first-order chi connectivity index (χ1) is 15.2. The second-order valence-corrected chi connectivity index (χ2v) is 8.96. The molecule has 2 aliphatic rings. The van der Waals surface area contributed by atoms with E-state index >= 15 is 0 Å². The quantitative estimate of drug-likeness (QED) is 0.656. The maximum absolute atomic E-state index is 12.6. The van der Waals surface area contributed by atoms with Crippen LogP contribution in [0.15, 0.2) is 47.4 Å². The van der Waals surface area contributed by atoms with Gasteiger partial charge in [0.05, 0.1) is 5.39 Å². The zero-order valence-electron chi connectivity index (χ0n) is 18.2. The van der Waals surface area contributed by atoms with Crippen LogP contribution in [0.1, 0.15) is 43.7 Å². The maximum atomic E-state index is 12.6. The number of aromatic amines is 1. The highest BCUT2D eigenvalue weighted by Crippen LogP contribution is 2.34. The Morgan fingerprint density at radius 1 is 1.00 bits per heavy atom. The summed E-state index contributed by atoms with van der Waals surface area (Å²) in [6.07, 6.45) is 7.92. The van der Waals surface area contributed by atoms with Crippen molar-refractivity contribution in [2.45, 2.75) is 38.0 Å². The Morgan fingerprint density at radius 3 is 2.48 bits per heavy atom. The molecule has 0 bridgehead atoms. The molecule has 1 aliphatic heterocycles. The number of benzene rings is 1. The fourth-order valence-corrected chi connectivity index (χ4v) is 4.89. The van der Waals surface area contributed by atoms with Gasteiger partial charge >= 0.3 is 0 Å². The van der Waals surface area contributed by atoms with Crippen molar-refractivity contribution in [3.05, 3.63) is 58.6 Å². The van der Waals surface area contributed by atoms with Crippen molar-refractivity contribution in [3.63, 3.8) is 0 Å². The van der Waals surface area contributed by atoms with Gasteiger partial charge in [-0.25, -0.2) is 4.98 Å². The fraction of sp³-hybridized carbons (Fsp3) is 0.440. The van der Waals surface area contributed by atoms with Gasteiger partial charge in [-0.15, -0.1) is 0 Å². The molecule has 2 fully saturated rings. The van der Waals surface area contributed by atoms with E-state index in [1.807, 2.05) is 6.07 Å². The molecule has 0 atom stereocenters. The van der Waals surface area contributed by atoms with Gasteiger partial charge in [0.2, 0.25) is 0 Å². The summed E-state index contributed by atoms with van der Waals surface area (Å²) in [4.78, 5) is 25.2. The Kier molecular flexibility index (Phi) is 5.64. The van der Waals surface area contributed by atoms with E-state index in [0.717, 1.165) is 42.9 Å². The van der Waals surface area contributed by atoms with Gasteiger partial charge in [-0.2, -0.15) is 0 Å². The molecule has 31 heavy (non-hydrogen) atoms. The molecule has 6 heteroatoms. The van der Waals surface area contributed by atoms with Gasteiger partial charge < -0.3 is 20.1 Å². The third kappa shape index (κ3) is 4.30. The molecule has 0 radical (unpaired) electrons. The monoisotopic (exact) mass is 417 g/mol. The summed E-state index contributed by atoms with van der Waals surface area (Å²) in [5.41, 5.74) is 3.20. The van der Waals surface area contributed by atoms with Gasteiger partial charge in [0, 0.05) is 55.4 Å². The van der Waals surface area contributed by atoms with Crippen LogP contribution in [0.5, 0.6) is 0 Å². The molecular weight excluding hydrogens is 386 g/mol. The lowest BCUT2D eigenvalue weighted by molar-refractivity contribution is 0.313. The molecule has 3 heterocycles. The normalized spacial score (nSPS) is 18.4. The summed E-state index contributed by atoms with van der Waals surface area (Å²) in [5.74, 6) is 1.14. The molecule has 0 unspecified atom stereocenters. The molecule has 6 nitrogen and oxygen atoms in total. The van der Waals surface area contributed by atoms with E-state index in [1.165, 1.54) is 37.8 Å². The Bertz CT molecular complexity index is 1090. The Labute approximate surface area is 183 Å². The number of nitrogens with zero attached hydrogens (tertiary/aromatic N) is 3. The van der Waals surface area contributed by atoms with Crippen LogP contribution in [-0.4, -0.2) is 48.1 Å². The number of H-pyrrole nitrogens is 1. The van der Waals surface area contributed by atoms with Crippen LogP contribution in [0, 0.1) is 0 Å². The Hall–Kier alpha value is -2.86. The smallest absolute Gasteiger partial charge is 0.259 e. The molecule has 1 saturated heterocycles. The number of likely N-dealkylation sites (N-methyl/N-ethyl adjacent to an activating group) is 1. The van der Waals surface area contributed by atoms with E-state index in [2.05, 4.69) is 57.5 Å². The van der Waals surface area contributed by atoms with Gasteiger partial charge in [-0.05, 0) is 61.7 Å². The number of rotatable bonds is 4. The number of piperazine rings is 1. The zero-order chi connectivity index (χ0) is 21.2. The average molecular weight is 418 g/mol. The third-order valence-electron chi connectivity index (χ3n) is 6.80. The summed E-state index contributed by atoms with van der Waals surface area (Å²) in [5, 5.41) is 5.03. The van der Waals surface area contributed by atoms with E-state index < -0.39 is 0 Å². The van der Waals surface area contributed by atoms with Crippen molar-refractivity contribution in [2.75, 3.05) is 43.4 Å². The number of hydrogen-bond acceptors (Lipinski definition) is 5. The highest BCUT2D eigenvalue weighted by molar-refractivity contribution is 5.93. The van der Waals surface area contributed by atoms with Crippen molar-refractivity contribution in [3.8, 4) is 0 Å².